The highest BCUT2D eigenvalue weighted by Gasteiger charge is 2.35. The van der Waals surface area contributed by atoms with Gasteiger partial charge in [0.25, 0.3) is 0 Å². The second-order valence-electron chi connectivity index (χ2n) is 6.31. The lowest BCUT2D eigenvalue weighted by Gasteiger charge is -2.31. The Hall–Kier alpha value is -1.48. The SMILES string of the molecule is CCCN(CCC)C(=O)C(C)(C)c1c[nH]c2cc(Cl)ccc12. The predicted molar refractivity (Wildman–Crippen MR) is 93.5 cm³/mol. The van der Waals surface area contributed by atoms with Crippen LogP contribution in [-0.2, 0) is 10.2 Å². The highest BCUT2D eigenvalue weighted by molar-refractivity contribution is 6.31. The maximum atomic E-state index is 13.0. The molecule has 3 nitrogen and oxygen atoms in total. The van der Waals surface area contributed by atoms with Crippen LogP contribution in [0.15, 0.2) is 24.4 Å². The van der Waals surface area contributed by atoms with E-state index in [1.807, 2.05) is 43.1 Å². The summed E-state index contributed by atoms with van der Waals surface area (Å²) in [4.78, 5) is 18.3. The Balaban J connectivity index is 2.40. The molecule has 0 aliphatic carbocycles. The van der Waals surface area contributed by atoms with Crippen molar-refractivity contribution in [2.24, 2.45) is 0 Å². The first kappa shape index (κ1) is 16.9. The quantitative estimate of drug-likeness (QED) is 0.819. The molecule has 4 heteroatoms. The van der Waals surface area contributed by atoms with E-state index < -0.39 is 5.41 Å². The number of rotatable bonds is 6. The van der Waals surface area contributed by atoms with Gasteiger partial charge in [-0.2, -0.15) is 0 Å². The van der Waals surface area contributed by atoms with Crippen molar-refractivity contribution in [1.29, 1.82) is 0 Å². The number of fused-ring (bicyclic) bond motifs is 1. The van der Waals surface area contributed by atoms with Gasteiger partial charge in [-0.05, 0) is 44.4 Å². The summed E-state index contributed by atoms with van der Waals surface area (Å²) in [5.74, 6) is 0.187. The molecule has 1 aromatic carbocycles. The monoisotopic (exact) mass is 320 g/mol. The number of benzene rings is 1. The van der Waals surface area contributed by atoms with Crippen LogP contribution in [-0.4, -0.2) is 28.9 Å². The van der Waals surface area contributed by atoms with Crippen LogP contribution in [0.25, 0.3) is 10.9 Å². The zero-order valence-electron chi connectivity index (χ0n) is 13.9. The van der Waals surface area contributed by atoms with Crippen molar-refractivity contribution in [2.45, 2.75) is 46.0 Å². The van der Waals surface area contributed by atoms with Crippen molar-refractivity contribution in [3.63, 3.8) is 0 Å². The van der Waals surface area contributed by atoms with E-state index in [9.17, 15) is 4.79 Å². The number of H-pyrrole nitrogens is 1. The zero-order chi connectivity index (χ0) is 16.3. The van der Waals surface area contributed by atoms with E-state index in [-0.39, 0.29) is 5.91 Å². The van der Waals surface area contributed by atoms with Crippen LogP contribution in [0.1, 0.15) is 46.1 Å². The molecule has 1 N–H and O–H groups in total. The summed E-state index contributed by atoms with van der Waals surface area (Å²) in [6, 6.07) is 5.76. The number of hydrogen-bond donors (Lipinski definition) is 1. The van der Waals surface area contributed by atoms with Crippen LogP contribution < -0.4 is 0 Å². The zero-order valence-corrected chi connectivity index (χ0v) is 14.6. The molecule has 1 aromatic heterocycles. The number of hydrogen-bond acceptors (Lipinski definition) is 1. The lowest BCUT2D eigenvalue weighted by molar-refractivity contribution is -0.136. The van der Waals surface area contributed by atoms with Crippen molar-refractivity contribution in [2.75, 3.05) is 13.1 Å². The summed E-state index contributed by atoms with van der Waals surface area (Å²) < 4.78 is 0. The number of nitrogens with one attached hydrogen (secondary N) is 1. The third-order valence-corrected chi connectivity index (χ3v) is 4.36. The number of carbonyl (C=O) groups is 1. The summed E-state index contributed by atoms with van der Waals surface area (Å²) in [5.41, 5.74) is 1.44. The number of aromatic amines is 1. The van der Waals surface area contributed by atoms with Gasteiger partial charge in [0.05, 0.1) is 5.41 Å². The summed E-state index contributed by atoms with van der Waals surface area (Å²) in [6.07, 6.45) is 3.89. The molecule has 1 heterocycles. The van der Waals surface area contributed by atoms with Crippen LogP contribution in [0, 0.1) is 0 Å². The van der Waals surface area contributed by atoms with Gasteiger partial charge in [-0.25, -0.2) is 0 Å². The van der Waals surface area contributed by atoms with Gasteiger partial charge >= 0.3 is 0 Å². The molecule has 0 saturated heterocycles. The Morgan fingerprint density at radius 3 is 2.45 bits per heavy atom. The van der Waals surface area contributed by atoms with Gasteiger partial charge in [0.1, 0.15) is 0 Å². The van der Waals surface area contributed by atoms with Gasteiger partial charge in [0.2, 0.25) is 5.91 Å². The van der Waals surface area contributed by atoms with Crippen LogP contribution in [0.5, 0.6) is 0 Å². The molecule has 2 aromatic rings. The summed E-state index contributed by atoms with van der Waals surface area (Å²) in [7, 11) is 0. The van der Waals surface area contributed by atoms with Crippen LogP contribution in [0.2, 0.25) is 5.02 Å². The van der Waals surface area contributed by atoms with E-state index in [1.54, 1.807) is 0 Å². The van der Waals surface area contributed by atoms with E-state index in [0.29, 0.717) is 5.02 Å². The van der Waals surface area contributed by atoms with E-state index in [4.69, 9.17) is 11.6 Å². The Bertz CT molecular complexity index is 654. The predicted octanol–water partition coefficient (Wildman–Crippen LogP) is 4.75. The molecule has 120 valence electrons. The summed E-state index contributed by atoms with van der Waals surface area (Å²) in [6.45, 7) is 9.84. The smallest absolute Gasteiger partial charge is 0.232 e. The van der Waals surface area contributed by atoms with Gasteiger partial charge in [-0.3, -0.25) is 4.79 Å². The molecule has 0 saturated carbocycles. The average molecular weight is 321 g/mol. The van der Waals surface area contributed by atoms with E-state index in [2.05, 4.69) is 18.8 Å². The second-order valence-corrected chi connectivity index (χ2v) is 6.75. The van der Waals surface area contributed by atoms with E-state index >= 15 is 0 Å². The molecule has 0 unspecified atom stereocenters. The van der Waals surface area contributed by atoms with Crippen LogP contribution in [0.4, 0.5) is 0 Å². The lowest BCUT2D eigenvalue weighted by Crippen LogP contribution is -2.44. The van der Waals surface area contributed by atoms with Gasteiger partial charge in [-0.1, -0.05) is 31.5 Å². The lowest BCUT2D eigenvalue weighted by atomic mass is 9.83. The number of carbonyl (C=O) groups excluding carboxylic acids is 1. The molecule has 1 amide bonds. The molecule has 22 heavy (non-hydrogen) atoms. The fourth-order valence-corrected chi connectivity index (χ4v) is 3.15. The minimum Gasteiger partial charge on any atom is -0.361 e. The number of aromatic nitrogens is 1. The van der Waals surface area contributed by atoms with Crippen molar-refractivity contribution in [3.05, 3.63) is 35.0 Å². The third-order valence-electron chi connectivity index (χ3n) is 4.13. The van der Waals surface area contributed by atoms with E-state index in [1.165, 1.54) is 0 Å². The minimum atomic E-state index is -0.559. The van der Waals surface area contributed by atoms with Crippen molar-refractivity contribution in [1.82, 2.24) is 9.88 Å². The third kappa shape index (κ3) is 3.14. The molecule has 0 aliphatic rings. The Kier molecular flexibility index (Phi) is 5.17. The number of halogens is 1. The largest absolute Gasteiger partial charge is 0.361 e. The van der Waals surface area contributed by atoms with Crippen LogP contribution >= 0.6 is 11.6 Å². The second kappa shape index (κ2) is 6.74. The van der Waals surface area contributed by atoms with E-state index in [0.717, 1.165) is 42.4 Å². The fraction of sp³-hybridized carbons (Fsp3) is 0.500. The first-order valence-electron chi connectivity index (χ1n) is 7.98. The molecule has 0 aliphatic heterocycles. The Labute approximate surface area is 137 Å². The highest BCUT2D eigenvalue weighted by Crippen LogP contribution is 2.33. The Morgan fingerprint density at radius 1 is 1.23 bits per heavy atom. The average Bonchev–Trinajstić information content (AvgIpc) is 2.89. The summed E-state index contributed by atoms with van der Waals surface area (Å²) >= 11 is 6.04. The normalized spacial score (nSPS) is 11.9. The van der Waals surface area contributed by atoms with Crippen LogP contribution in [0.3, 0.4) is 0 Å². The minimum absolute atomic E-state index is 0.187. The Morgan fingerprint density at radius 2 is 1.86 bits per heavy atom. The molecule has 0 spiro atoms. The van der Waals surface area contributed by atoms with Gasteiger partial charge in [0, 0.05) is 35.2 Å². The van der Waals surface area contributed by atoms with Gasteiger partial charge in [-0.15, -0.1) is 0 Å². The maximum Gasteiger partial charge on any atom is 0.232 e. The first-order valence-corrected chi connectivity index (χ1v) is 8.36. The number of amides is 1. The summed E-state index contributed by atoms with van der Waals surface area (Å²) in [5, 5.41) is 1.76. The van der Waals surface area contributed by atoms with Gasteiger partial charge < -0.3 is 9.88 Å². The standard InChI is InChI=1S/C18H25ClN2O/c1-5-9-21(10-6-2)17(22)18(3,4)15-12-20-16-11-13(19)7-8-14(15)16/h7-8,11-12,20H,5-6,9-10H2,1-4H3. The molecule has 0 bridgehead atoms. The highest BCUT2D eigenvalue weighted by atomic mass is 35.5. The molecule has 2 rings (SSSR count). The molecule has 0 radical (unpaired) electrons. The van der Waals surface area contributed by atoms with Crippen molar-refractivity contribution in [3.8, 4) is 0 Å². The fourth-order valence-electron chi connectivity index (χ4n) is 2.98. The maximum absolute atomic E-state index is 13.0. The molecular formula is C18H25ClN2O. The number of nitrogens with zero attached hydrogens (tertiary/aromatic N) is 1. The molecule has 0 fully saturated rings. The van der Waals surface area contributed by atoms with Crippen molar-refractivity contribution >= 4 is 28.4 Å². The first-order chi connectivity index (χ1) is 10.4. The topological polar surface area (TPSA) is 36.1 Å². The molecular weight excluding hydrogens is 296 g/mol. The van der Waals surface area contributed by atoms with Gasteiger partial charge in [0.15, 0.2) is 0 Å². The van der Waals surface area contributed by atoms with Crippen molar-refractivity contribution < 1.29 is 4.79 Å². The molecule has 0 atom stereocenters.